The van der Waals surface area contributed by atoms with Gasteiger partial charge >= 0.3 is 5.82 Å². The molecule has 0 aliphatic heterocycles. The van der Waals surface area contributed by atoms with E-state index in [9.17, 15) is 14.5 Å². The van der Waals surface area contributed by atoms with Crippen LogP contribution in [0.4, 0.5) is 10.2 Å². The molecule has 0 unspecified atom stereocenters. The fraction of sp³-hybridized carbons (Fsp3) is 0.296. The maximum atomic E-state index is 14.4. The number of hydrogen-bond acceptors (Lipinski definition) is 5. The van der Waals surface area contributed by atoms with Gasteiger partial charge in [0.25, 0.3) is 0 Å². The second-order valence-corrected chi connectivity index (χ2v) is 10.3. The van der Waals surface area contributed by atoms with Gasteiger partial charge in [0, 0.05) is 30.9 Å². The molecule has 1 fully saturated rings. The molecule has 0 spiro atoms. The van der Waals surface area contributed by atoms with Crippen molar-refractivity contribution in [3.8, 4) is 11.3 Å². The van der Waals surface area contributed by atoms with Gasteiger partial charge in [-0.1, -0.05) is 13.0 Å². The molecule has 1 atom stereocenters. The largest absolute Gasteiger partial charge is 0.366 e. The molecule has 1 aliphatic carbocycles. The van der Waals surface area contributed by atoms with Crippen LogP contribution in [-0.2, 0) is 19.4 Å². The Morgan fingerprint density at radius 1 is 1.19 bits per heavy atom. The molecule has 1 saturated carbocycles. The van der Waals surface area contributed by atoms with Crippen molar-refractivity contribution >= 4 is 21.7 Å². The van der Waals surface area contributed by atoms with E-state index in [-0.39, 0.29) is 17.6 Å². The van der Waals surface area contributed by atoms with E-state index in [1.54, 1.807) is 18.3 Å². The molecule has 7 nitrogen and oxygen atoms in total. The second kappa shape index (κ2) is 10.3. The number of rotatable bonds is 9. The molecule has 0 amide bonds. The van der Waals surface area contributed by atoms with E-state index in [0.717, 1.165) is 40.4 Å². The summed E-state index contributed by atoms with van der Waals surface area (Å²) in [5, 5.41) is 16.0. The van der Waals surface area contributed by atoms with Gasteiger partial charge in [-0.25, -0.2) is 4.39 Å². The Morgan fingerprint density at radius 2 is 2.03 bits per heavy atom. The van der Waals surface area contributed by atoms with Crippen LogP contribution < -0.4 is 0 Å². The van der Waals surface area contributed by atoms with Gasteiger partial charge in [0.2, 0.25) is 0 Å². The molecule has 1 aromatic carbocycles. The molecule has 0 bridgehead atoms. The lowest BCUT2D eigenvalue weighted by Crippen LogP contribution is -2.06. The Balaban J connectivity index is 1.47. The summed E-state index contributed by atoms with van der Waals surface area (Å²) in [5.74, 6) is -0.0288. The molecule has 5 rings (SSSR count). The highest BCUT2D eigenvalue weighted by atomic mass is 79.9. The second-order valence-electron chi connectivity index (χ2n) is 9.43. The number of nitro groups is 1. The lowest BCUT2D eigenvalue weighted by molar-refractivity contribution is -0.390. The first-order valence-corrected chi connectivity index (χ1v) is 12.7. The molecule has 4 aromatic rings. The quantitative estimate of drug-likeness (QED) is 0.176. The van der Waals surface area contributed by atoms with Gasteiger partial charge in [0.1, 0.15) is 5.82 Å². The number of nitrogens with zero attached hydrogens (tertiary/aromatic N) is 5. The van der Waals surface area contributed by atoms with Crippen LogP contribution in [0.3, 0.4) is 0 Å². The highest BCUT2D eigenvalue weighted by molar-refractivity contribution is 9.10. The standard InChI is InChI=1S/C27H25BrFN5O2/c1-17(9-21-11-22(28)14-31-27(21)34(35)36)25-12-23(29)6-7-24(25)26-20(3-2-8-30-26)10-19-13-32-33(16-19)15-18-4-5-18/h2-3,6-8,11-14,16-18H,4-5,9-10,15H2,1H3/t17-/m0/s1. The summed E-state index contributed by atoms with van der Waals surface area (Å²) in [6.45, 7) is 2.89. The van der Waals surface area contributed by atoms with E-state index in [0.29, 0.717) is 22.9 Å². The predicted molar refractivity (Wildman–Crippen MR) is 138 cm³/mol. The molecular weight excluding hydrogens is 525 g/mol. The van der Waals surface area contributed by atoms with Crippen LogP contribution in [0.5, 0.6) is 0 Å². The third-order valence-corrected chi connectivity index (χ3v) is 6.96. The average molecular weight is 550 g/mol. The maximum Gasteiger partial charge on any atom is 0.366 e. The molecule has 3 aromatic heterocycles. The highest BCUT2D eigenvalue weighted by Crippen LogP contribution is 2.35. The molecule has 0 saturated heterocycles. The van der Waals surface area contributed by atoms with Crippen LogP contribution in [-0.4, -0.2) is 24.7 Å². The van der Waals surface area contributed by atoms with E-state index in [1.165, 1.54) is 31.2 Å². The van der Waals surface area contributed by atoms with Crippen LogP contribution in [0.1, 0.15) is 47.9 Å². The van der Waals surface area contributed by atoms with Gasteiger partial charge in [0.05, 0.1) is 21.9 Å². The minimum Gasteiger partial charge on any atom is -0.358 e. The van der Waals surface area contributed by atoms with E-state index in [2.05, 4.69) is 37.2 Å². The van der Waals surface area contributed by atoms with Gasteiger partial charge < -0.3 is 10.1 Å². The number of benzene rings is 1. The van der Waals surface area contributed by atoms with Crippen molar-refractivity contribution in [2.75, 3.05) is 0 Å². The number of halogens is 2. The molecule has 0 radical (unpaired) electrons. The SMILES string of the molecule is C[C@@H](Cc1cc(Br)cnc1[N+](=O)[O-])c1cc(F)ccc1-c1ncccc1Cc1cnn(CC2CC2)c1. The predicted octanol–water partition coefficient (Wildman–Crippen LogP) is 6.50. The lowest BCUT2D eigenvalue weighted by Gasteiger charge is -2.18. The summed E-state index contributed by atoms with van der Waals surface area (Å²) < 4.78 is 17.1. The number of hydrogen-bond donors (Lipinski definition) is 0. The van der Waals surface area contributed by atoms with Gasteiger partial charge in [-0.05, 0) is 104 Å². The zero-order valence-corrected chi connectivity index (χ0v) is 21.4. The van der Waals surface area contributed by atoms with E-state index in [1.807, 2.05) is 29.9 Å². The molecule has 9 heteroatoms. The first kappa shape index (κ1) is 24.2. The monoisotopic (exact) mass is 549 g/mol. The minimum atomic E-state index is -0.485. The van der Waals surface area contributed by atoms with Crippen molar-refractivity contribution in [1.29, 1.82) is 0 Å². The van der Waals surface area contributed by atoms with Crippen molar-refractivity contribution in [2.24, 2.45) is 5.92 Å². The smallest absolute Gasteiger partial charge is 0.358 e. The summed E-state index contributed by atoms with van der Waals surface area (Å²) in [6, 6.07) is 10.3. The summed E-state index contributed by atoms with van der Waals surface area (Å²) in [5.41, 5.74) is 4.93. The van der Waals surface area contributed by atoms with Gasteiger partial charge in [-0.15, -0.1) is 0 Å². The Kier molecular flexibility index (Phi) is 6.91. The average Bonchev–Trinajstić information content (AvgIpc) is 3.56. The first-order valence-electron chi connectivity index (χ1n) is 11.9. The van der Waals surface area contributed by atoms with Crippen molar-refractivity contribution in [2.45, 2.75) is 45.1 Å². The van der Waals surface area contributed by atoms with Crippen molar-refractivity contribution < 1.29 is 9.31 Å². The maximum absolute atomic E-state index is 14.4. The summed E-state index contributed by atoms with van der Waals surface area (Å²) in [7, 11) is 0. The van der Waals surface area contributed by atoms with Crippen molar-refractivity contribution in [1.82, 2.24) is 19.7 Å². The van der Waals surface area contributed by atoms with E-state index in [4.69, 9.17) is 0 Å². The molecule has 0 N–H and O–H groups in total. The molecule has 1 aliphatic rings. The molecular formula is C27H25BrFN5O2. The number of aromatic nitrogens is 4. The van der Waals surface area contributed by atoms with Crippen LogP contribution in [0.25, 0.3) is 11.3 Å². The molecule has 36 heavy (non-hydrogen) atoms. The molecule has 184 valence electrons. The molecule has 3 heterocycles. The fourth-order valence-electron chi connectivity index (χ4n) is 4.59. The topological polar surface area (TPSA) is 86.7 Å². The van der Waals surface area contributed by atoms with Crippen LogP contribution in [0, 0.1) is 21.8 Å². The van der Waals surface area contributed by atoms with Gasteiger partial charge in [-0.3, -0.25) is 9.67 Å². The Morgan fingerprint density at radius 3 is 2.81 bits per heavy atom. The number of pyridine rings is 2. The normalized spacial score (nSPS) is 14.1. The Labute approximate surface area is 216 Å². The van der Waals surface area contributed by atoms with Gasteiger partial charge in [-0.2, -0.15) is 5.10 Å². The zero-order valence-electron chi connectivity index (χ0n) is 19.8. The van der Waals surface area contributed by atoms with Gasteiger partial charge in [0.15, 0.2) is 6.20 Å². The minimum absolute atomic E-state index is 0.190. The van der Waals surface area contributed by atoms with Crippen LogP contribution in [0.2, 0.25) is 0 Å². The van der Waals surface area contributed by atoms with E-state index >= 15 is 0 Å². The van der Waals surface area contributed by atoms with E-state index < -0.39 is 4.92 Å². The Hall–Kier alpha value is -3.46. The van der Waals surface area contributed by atoms with Crippen molar-refractivity contribution in [3.05, 3.63) is 104 Å². The van der Waals surface area contributed by atoms with Crippen molar-refractivity contribution in [3.63, 3.8) is 0 Å². The highest BCUT2D eigenvalue weighted by Gasteiger charge is 2.23. The fourth-order valence-corrected chi connectivity index (χ4v) is 4.97. The zero-order chi connectivity index (χ0) is 25.2. The summed E-state index contributed by atoms with van der Waals surface area (Å²) >= 11 is 3.35. The third kappa shape index (κ3) is 5.51. The lowest BCUT2D eigenvalue weighted by atomic mass is 9.87. The summed E-state index contributed by atoms with van der Waals surface area (Å²) in [6.07, 6.45) is 10.6. The first-order chi connectivity index (χ1) is 17.4. The van der Waals surface area contributed by atoms with Crippen LogP contribution in [0.15, 0.2) is 65.7 Å². The van der Waals surface area contributed by atoms with Crippen LogP contribution >= 0.6 is 15.9 Å². The third-order valence-electron chi connectivity index (χ3n) is 6.52. The Bertz CT molecular complexity index is 1420. The summed E-state index contributed by atoms with van der Waals surface area (Å²) in [4.78, 5) is 19.7.